The Morgan fingerprint density at radius 2 is 1.82 bits per heavy atom. The molecule has 0 spiro atoms. The van der Waals surface area contributed by atoms with Crippen LogP contribution in [0.15, 0.2) is 70.1 Å². The molecule has 2 aromatic carbocycles. The van der Waals surface area contributed by atoms with Crippen LogP contribution in [-0.2, 0) is 37.5 Å². The Morgan fingerprint density at radius 1 is 1.07 bits per heavy atom. The fourth-order valence-electron chi connectivity index (χ4n) is 4.76. The fourth-order valence-corrected chi connectivity index (χ4v) is 5.21. The number of hydrogen-bond acceptors (Lipinski definition) is 7. The molecule has 1 N–H and O–H groups in total. The predicted octanol–water partition coefficient (Wildman–Crippen LogP) is 5.14. The molecule has 0 amide bonds. The molecular weight excluding hydrogens is 581 g/mol. The van der Waals surface area contributed by atoms with Crippen molar-refractivity contribution in [2.24, 2.45) is 0 Å². The number of hydrogen-bond donors (Lipinski definition) is 1. The first-order chi connectivity index (χ1) is 19.4. The number of methoxy groups -OCH3 is 1. The monoisotopic (exact) mass is 609 g/mol. The molecule has 40 heavy (non-hydrogen) atoms. The van der Waals surface area contributed by atoms with E-state index in [1.165, 1.54) is 11.8 Å². The highest BCUT2D eigenvalue weighted by atomic mass is 79.9. The van der Waals surface area contributed by atoms with Gasteiger partial charge in [-0.25, -0.2) is 9.18 Å². The molecule has 1 aliphatic rings. The van der Waals surface area contributed by atoms with Crippen LogP contribution in [0.3, 0.4) is 0 Å². The fraction of sp³-hybridized carbons (Fsp3) is 0.276. The summed E-state index contributed by atoms with van der Waals surface area (Å²) in [5, 5.41) is 7.69. The van der Waals surface area contributed by atoms with Gasteiger partial charge in [-0.05, 0) is 36.2 Å². The lowest BCUT2D eigenvalue weighted by atomic mass is 10.1. The summed E-state index contributed by atoms with van der Waals surface area (Å²) in [5.74, 6) is 0.187. The summed E-state index contributed by atoms with van der Waals surface area (Å²) in [6.07, 6.45) is 1.22. The zero-order valence-corrected chi connectivity index (χ0v) is 23.8. The number of pyridine rings is 1. The van der Waals surface area contributed by atoms with Gasteiger partial charge in [-0.2, -0.15) is 4.68 Å². The molecule has 11 heteroatoms. The lowest BCUT2D eigenvalue weighted by Gasteiger charge is -2.17. The lowest BCUT2D eigenvalue weighted by Crippen LogP contribution is -2.22. The Balaban J connectivity index is 1.32. The van der Waals surface area contributed by atoms with Gasteiger partial charge in [0.25, 0.3) is 5.56 Å². The summed E-state index contributed by atoms with van der Waals surface area (Å²) in [5.41, 5.74) is 4.09. The van der Waals surface area contributed by atoms with Gasteiger partial charge in [-0.3, -0.25) is 9.69 Å². The number of carbonyl (C=O) groups excluding carboxylic acids is 1. The summed E-state index contributed by atoms with van der Waals surface area (Å²) >= 11 is 3.41. The van der Waals surface area contributed by atoms with E-state index in [4.69, 9.17) is 9.47 Å². The van der Waals surface area contributed by atoms with Crippen LogP contribution in [0.4, 0.5) is 15.0 Å². The van der Waals surface area contributed by atoms with Crippen LogP contribution in [0, 0.1) is 5.82 Å². The topological polar surface area (TPSA) is 90.6 Å². The number of carbonyl (C=O) groups is 1. The Hall–Kier alpha value is -3.96. The van der Waals surface area contributed by atoms with Gasteiger partial charge in [-0.15, -0.1) is 5.10 Å². The number of aromatic nitrogens is 3. The molecule has 5 rings (SSSR count). The van der Waals surface area contributed by atoms with E-state index < -0.39 is 11.9 Å². The first kappa shape index (κ1) is 27.6. The summed E-state index contributed by atoms with van der Waals surface area (Å²) in [4.78, 5) is 26.9. The number of rotatable bonds is 9. The Morgan fingerprint density at radius 3 is 2.52 bits per heavy atom. The van der Waals surface area contributed by atoms with Crippen molar-refractivity contribution < 1.29 is 18.7 Å². The number of fused-ring (bicyclic) bond motifs is 1. The summed E-state index contributed by atoms with van der Waals surface area (Å²) in [6, 6.07) is 16.5. The quantitative estimate of drug-likeness (QED) is 0.281. The van der Waals surface area contributed by atoms with Crippen molar-refractivity contribution in [2.75, 3.05) is 19.0 Å². The second-order valence-corrected chi connectivity index (χ2v) is 10.3. The Kier molecular flexibility index (Phi) is 8.32. The Labute approximate surface area is 239 Å². The number of ether oxygens (including phenoxy) is 2. The molecule has 0 bridgehead atoms. The molecule has 0 aliphatic carbocycles. The average Bonchev–Trinajstić information content (AvgIpc) is 3.50. The van der Waals surface area contributed by atoms with Crippen molar-refractivity contribution in [3.8, 4) is 5.75 Å². The summed E-state index contributed by atoms with van der Waals surface area (Å²) in [6.45, 7) is 4.32. The SMILES string of the molecule is CCOC(=O)n1nc(NCc2c(Br)ccc(OC)c2F)c2c1CN(Cc1ccc(Cn3ccccc3=O)cc1)C2. The van der Waals surface area contributed by atoms with Gasteiger partial charge < -0.3 is 19.4 Å². The van der Waals surface area contributed by atoms with Crippen molar-refractivity contribution in [3.63, 3.8) is 0 Å². The first-order valence-corrected chi connectivity index (χ1v) is 13.7. The molecule has 0 fully saturated rings. The minimum atomic E-state index is -0.553. The van der Waals surface area contributed by atoms with Crippen molar-refractivity contribution in [1.82, 2.24) is 19.2 Å². The molecule has 208 valence electrons. The molecular formula is C29H29BrFN5O4. The van der Waals surface area contributed by atoms with Crippen LogP contribution in [0.2, 0.25) is 0 Å². The maximum Gasteiger partial charge on any atom is 0.435 e. The molecule has 0 atom stereocenters. The van der Waals surface area contributed by atoms with E-state index >= 15 is 0 Å². The average molecular weight is 610 g/mol. The molecule has 0 saturated heterocycles. The van der Waals surface area contributed by atoms with Gasteiger partial charge in [-0.1, -0.05) is 46.3 Å². The van der Waals surface area contributed by atoms with Crippen molar-refractivity contribution >= 4 is 27.8 Å². The lowest BCUT2D eigenvalue weighted by molar-refractivity contribution is 0.148. The number of anilines is 1. The van der Waals surface area contributed by atoms with Crippen LogP contribution >= 0.6 is 15.9 Å². The minimum absolute atomic E-state index is 0.0389. The first-order valence-electron chi connectivity index (χ1n) is 12.9. The molecule has 0 unspecified atom stereocenters. The highest BCUT2D eigenvalue weighted by Crippen LogP contribution is 2.33. The minimum Gasteiger partial charge on any atom is -0.494 e. The highest BCUT2D eigenvalue weighted by molar-refractivity contribution is 9.10. The molecule has 2 aromatic heterocycles. The van der Waals surface area contributed by atoms with Crippen LogP contribution in [0.25, 0.3) is 0 Å². The van der Waals surface area contributed by atoms with Crippen molar-refractivity contribution in [2.45, 2.75) is 39.6 Å². The summed E-state index contributed by atoms with van der Waals surface area (Å²) in [7, 11) is 1.42. The van der Waals surface area contributed by atoms with Gasteiger partial charge in [0.15, 0.2) is 17.4 Å². The van der Waals surface area contributed by atoms with E-state index in [9.17, 15) is 14.0 Å². The van der Waals surface area contributed by atoms with E-state index in [1.54, 1.807) is 42.0 Å². The predicted molar refractivity (Wildman–Crippen MR) is 152 cm³/mol. The number of benzene rings is 2. The molecule has 4 aromatic rings. The molecule has 0 radical (unpaired) electrons. The highest BCUT2D eigenvalue weighted by Gasteiger charge is 2.31. The van der Waals surface area contributed by atoms with Gasteiger partial charge in [0, 0.05) is 54.0 Å². The second kappa shape index (κ2) is 12.1. The van der Waals surface area contributed by atoms with Gasteiger partial charge in [0.05, 0.1) is 26.0 Å². The van der Waals surface area contributed by atoms with E-state index in [2.05, 4.69) is 31.2 Å². The molecule has 9 nitrogen and oxygen atoms in total. The third-order valence-corrected chi connectivity index (χ3v) is 7.51. The van der Waals surface area contributed by atoms with E-state index in [0.29, 0.717) is 42.0 Å². The number of nitrogens with zero attached hydrogens (tertiary/aromatic N) is 4. The van der Waals surface area contributed by atoms with Crippen LogP contribution in [0.5, 0.6) is 5.75 Å². The summed E-state index contributed by atoms with van der Waals surface area (Å²) < 4.78 is 28.8. The van der Waals surface area contributed by atoms with Crippen LogP contribution in [0.1, 0.15) is 34.9 Å². The molecule has 0 saturated carbocycles. The number of nitrogens with one attached hydrogen (secondary N) is 1. The third-order valence-electron chi connectivity index (χ3n) is 6.77. The van der Waals surface area contributed by atoms with Crippen LogP contribution < -0.4 is 15.6 Å². The van der Waals surface area contributed by atoms with Gasteiger partial charge >= 0.3 is 6.09 Å². The third kappa shape index (κ3) is 5.80. The van der Waals surface area contributed by atoms with Crippen LogP contribution in [-0.4, -0.2) is 39.1 Å². The largest absolute Gasteiger partial charge is 0.494 e. The van der Waals surface area contributed by atoms with Crippen molar-refractivity contribution in [3.05, 3.63) is 109 Å². The number of halogens is 2. The van der Waals surface area contributed by atoms with E-state index in [0.717, 1.165) is 22.4 Å². The van der Waals surface area contributed by atoms with E-state index in [1.807, 2.05) is 30.3 Å². The maximum absolute atomic E-state index is 14.9. The standard InChI is InChI=1S/C29H29BrFN5O4/c1-3-40-29(38)36-24-18-34(15-19-7-9-20(10-8-19)16-35-13-5-4-6-26(35)37)17-22(24)28(33-36)32-14-21-23(30)11-12-25(39-2)27(21)31/h4-13H,3,14-18H2,1-2H3,(H,32,33). The Bertz CT molecular complexity index is 1580. The van der Waals surface area contributed by atoms with Crippen molar-refractivity contribution in [1.29, 1.82) is 0 Å². The zero-order chi connectivity index (χ0) is 28.2. The normalized spacial score (nSPS) is 12.8. The maximum atomic E-state index is 14.9. The second-order valence-electron chi connectivity index (χ2n) is 9.41. The zero-order valence-electron chi connectivity index (χ0n) is 22.2. The smallest absolute Gasteiger partial charge is 0.435 e. The molecule has 1 aliphatic heterocycles. The van der Waals surface area contributed by atoms with Gasteiger partial charge in [0.1, 0.15) is 0 Å². The van der Waals surface area contributed by atoms with E-state index in [-0.39, 0.29) is 24.5 Å². The molecule has 3 heterocycles. The van der Waals surface area contributed by atoms with Gasteiger partial charge in [0.2, 0.25) is 0 Å².